The molecule has 1 N–H and O–H groups in total. The highest BCUT2D eigenvalue weighted by Gasteiger charge is 2.14. The lowest BCUT2D eigenvalue weighted by atomic mass is 10.0. The molecule has 0 heterocycles. The maximum Gasteiger partial charge on any atom is 0.163 e. The first-order chi connectivity index (χ1) is 9.62. The van der Waals surface area contributed by atoms with Crippen LogP contribution in [0.15, 0.2) is 18.2 Å². The summed E-state index contributed by atoms with van der Waals surface area (Å²) >= 11 is 0. The van der Waals surface area contributed by atoms with Gasteiger partial charge < -0.3 is 19.5 Å². The Morgan fingerprint density at radius 2 is 1.70 bits per heavy atom. The molecule has 0 aliphatic heterocycles. The van der Waals surface area contributed by atoms with E-state index in [1.54, 1.807) is 7.11 Å². The molecule has 4 nitrogen and oxygen atoms in total. The lowest BCUT2D eigenvalue weighted by Gasteiger charge is -2.23. The van der Waals surface area contributed by atoms with Crippen LogP contribution in [0, 0.1) is 5.92 Å². The van der Waals surface area contributed by atoms with Crippen LogP contribution in [0.5, 0.6) is 11.5 Å². The van der Waals surface area contributed by atoms with Crippen molar-refractivity contribution in [3.8, 4) is 11.5 Å². The molecular weight excluding hydrogens is 254 g/mol. The lowest BCUT2D eigenvalue weighted by Crippen LogP contribution is -2.30. The number of anilines is 1. The summed E-state index contributed by atoms with van der Waals surface area (Å²) in [4.78, 5) is 0. The zero-order chi connectivity index (χ0) is 15.0. The van der Waals surface area contributed by atoms with Gasteiger partial charge in [-0.15, -0.1) is 0 Å². The fourth-order valence-corrected chi connectivity index (χ4v) is 1.94. The van der Waals surface area contributed by atoms with Crippen molar-refractivity contribution in [3.05, 3.63) is 18.2 Å². The predicted octanol–water partition coefficient (Wildman–Crippen LogP) is 3.57. The number of rotatable bonds is 9. The zero-order valence-electron chi connectivity index (χ0n) is 13.2. The minimum absolute atomic E-state index is 0.271. The van der Waals surface area contributed by atoms with Crippen LogP contribution < -0.4 is 14.8 Å². The smallest absolute Gasteiger partial charge is 0.163 e. The highest BCUT2D eigenvalue weighted by atomic mass is 16.5. The minimum atomic E-state index is 0.271. The van der Waals surface area contributed by atoms with Gasteiger partial charge in [0, 0.05) is 18.9 Å². The quantitative estimate of drug-likeness (QED) is 0.751. The SMILES string of the molecule is CCOc1ccc(NC(COC)C(C)C)cc1OCC. The second kappa shape index (κ2) is 8.69. The van der Waals surface area contributed by atoms with Gasteiger partial charge in [-0.25, -0.2) is 0 Å². The summed E-state index contributed by atoms with van der Waals surface area (Å²) in [6.07, 6.45) is 0. The van der Waals surface area contributed by atoms with Crippen LogP contribution in [0.1, 0.15) is 27.7 Å². The van der Waals surface area contributed by atoms with Crippen LogP contribution in [0.25, 0.3) is 0 Å². The Bertz CT molecular complexity index is 393. The number of nitrogens with one attached hydrogen (secondary N) is 1. The second-order valence-electron chi connectivity index (χ2n) is 4.98. The fraction of sp³-hybridized carbons (Fsp3) is 0.625. The summed E-state index contributed by atoms with van der Waals surface area (Å²) in [5, 5.41) is 3.49. The minimum Gasteiger partial charge on any atom is -0.490 e. The molecule has 0 fully saturated rings. The molecule has 1 rings (SSSR count). The van der Waals surface area contributed by atoms with Gasteiger partial charge in [0.2, 0.25) is 0 Å². The molecule has 1 unspecified atom stereocenters. The van der Waals surface area contributed by atoms with Gasteiger partial charge in [-0.2, -0.15) is 0 Å². The Hall–Kier alpha value is -1.42. The third kappa shape index (κ3) is 4.93. The van der Waals surface area contributed by atoms with E-state index in [1.165, 1.54) is 0 Å². The van der Waals surface area contributed by atoms with Gasteiger partial charge in [0.15, 0.2) is 11.5 Å². The van der Waals surface area contributed by atoms with E-state index >= 15 is 0 Å². The Kier molecular flexibility index (Phi) is 7.23. The molecule has 0 saturated heterocycles. The van der Waals surface area contributed by atoms with E-state index in [0.29, 0.717) is 25.7 Å². The van der Waals surface area contributed by atoms with Gasteiger partial charge in [-0.05, 0) is 31.9 Å². The number of hydrogen-bond acceptors (Lipinski definition) is 4. The maximum absolute atomic E-state index is 5.64. The average Bonchev–Trinajstić information content (AvgIpc) is 2.41. The molecule has 1 atom stereocenters. The van der Waals surface area contributed by atoms with Gasteiger partial charge in [0.1, 0.15) is 0 Å². The molecule has 20 heavy (non-hydrogen) atoms. The Balaban J connectivity index is 2.86. The van der Waals surface area contributed by atoms with Gasteiger partial charge in [0.05, 0.1) is 25.9 Å². The van der Waals surface area contributed by atoms with E-state index in [1.807, 2.05) is 32.0 Å². The molecule has 0 amide bonds. The first-order valence-electron chi connectivity index (χ1n) is 7.27. The van der Waals surface area contributed by atoms with E-state index in [2.05, 4.69) is 19.2 Å². The summed E-state index contributed by atoms with van der Waals surface area (Å²) < 4.78 is 16.5. The number of benzene rings is 1. The molecule has 0 spiro atoms. The molecule has 0 radical (unpaired) electrons. The van der Waals surface area contributed by atoms with Crippen molar-refractivity contribution in [2.45, 2.75) is 33.7 Å². The normalized spacial score (nSPS) is 12.3. The molecule has 114 valence electrons. The molecular formula is C16H27NO3. The molecule has 0 aliphatic carbocycles. The highest BCUT2D eigenvalue weighted by Crippen LogP contribution is 2.31. The van der Waals surface area contributed by atoms with Crippen LogP contribution in [0.4, 0.5) is 5.69 Å². The summed E-state index contributed by atoms with van der Waals surface area (Å²) in [6.45, 7) is 10.2. The van der Waals surface area contributed by atoms with Crippen LogP contribution in [-0.4, -0.2) is 33.0 Å². The van der Waals surface area contributed by atoms with Crippen LogP contribution >= 0.6 is 0 Å². The highest BCUT2D eigenvalue weighted by molar-refractivity contribution is 5.55. The summed E-state index contributed by atoms with van der Waals surface area (Å²) in [7, 11) is 1.72. The summed E-state index contributed by atoms with van der Waals surface area (Å²) in [6, 6.07) is 6.21. The Labute approximate surface area is 122 Å². The standard InChI is InChI=1S/C16H27NO3/c1-6-19-15-9-8-13(10-16(15)20-7-2)17-14(11-18-5)12(3)4/h8-10,12,14,17H,6-7,11H2,1-5H3. The maximum atomic E-state index is 5.64. The van der Waals surface area contributed by atoms with Crippen LogP contribution in [0.3, 0.4) is 0 Å². The zero-order valence-corrected chi connectivity index (χ0v) is 13.2. The first-order valence-corrected chi connectivity index (χ1v) is 7.27. The molecule has 0 aliphatic rings. The predicted molar refractivity (Wildman–Crippen MR) is 82.9 cm³/mol. The molecule has 0 aromatic heterocycles. The Morgan fingerprint density at radius 3 is 2.25 bits per heavy atom. The van der Waals surface area contributed by atoms with E-state index < -0.39 is 0 Å². The second-order valence-corrected chi connectivity index (χ2v) is 4.98. The van der Waals surface area contributed by atoms with Gasteiger partial charge >= 0.3 is 0 Å². The van der Waals surface area contributed by atoms with E-state index in [9.17, 15) is 0 Å². The molecule has 0 saturated carbocycles. The average molecular weight is 281 g/mol. The van der Waals surface area contributed by atoms with Crippen molar-refractivity contribution in [2.75, 3.05) is 32.2 Å². The summed E-state index contributed by atoms with van der Waals surface area (Å²) in [5.41, 5.74) is 1.02. The molecule has 0 bridgehead atoms. The topological polar surface area (TPSA) is 39.7 Å². The number of ether oxygens (including phenoxy) is 3. The number of hydrogen-bond donors (Lipinski definition) is 1. The third-order valence-corrected chi connectivity index (χ3v) is 3.05. The van der Waals surface area contributed by atoms with Gasteiger partial charge in [-0.1, -0.05) is 13.8 Å². The fourth-order valence-electron chi connectivity index (χ4n) is 1.94. The molecule has 1 aromatic carbocycles. The van der Waals surface area contributed by atoms with Gasteiger partial charge in [0.25, 0.3) is 0 Å². The summed E-state index contributed by atoms with van der Waals surface area (Å²) in [5.74, 6) is 2.05. The van der Waals surface area contributed by atoms with Crippen LogP contribution in [0.2, 0.25) is 0 Å². The van der Waals surface area contributed by atoms with Crippen molar-refractivity contribution >= 4 is 5.69 Å². The molecule has 4 heteroatoms. The van der Waals surface area contributed by atoms with Crippen molar-refractivity contribution in [2.24, 2.45) is 5.92 Å². The van der Waals surface area contributed by atoms with E-state index in [4.69, 9.17) is 14.2 Å². The third-order valence-electron chi connectivity index (χ3n) is 3.05. The van der Waals surface area contributed by atoms with Gasteiger partial charge in [-0.3, -0.25) is 0 Å². The van der Waals surface area contributed by atoms with E-state index in [0.717, 1.165) is 17.2 Å². The van der Waals surface area contributed by atoms with Crippen molar-refractivity contribution < 1.29 is 14.2 Å². The Morgan fingerprint density at radius 1 is 1.05 bits per heavy atom. The number of methoxy groups -OCH3 is 1. The van der Waals surface area contributed by atoms with Crippen molar-refractivity contribution in [1.82, 2.24) is 0 Å². The monoisotopic (exact) mass is 281 g/mol. The largest absolute Gasteiger partial charge is 0.490 e. The lowest BCUT2D eigenvalue weighted by molar-refractivity contribution is 0.171. The van der Waals surface area contributed by atoms with Crippen molar-refractivity contribution in [3.63, 3.8) is 0 Å². The van der Waals surface area contributed by atoms with Crippen LogP contribution in [-0.2, 0) is 4.74 Å². The first kappa shape index (κ1) is 16.6. The molecule has 1 aromatic rings. The van der Waals surface area contributed by atoms with Crippen molar-refractivity contribution in [1.29, 1.82) is 0 Å². The van der Waals surface area contributed by atoms with E-state index in [-0.39, 0.29) is 6.04 Å².